The largest absolute Gasteiger partial charge is 0.374 e. The first-order chi connectivity index (χ1) is 15.8. The molecular formula is C29H42O3. The Balaban J connectivity index is 1.36. The molecule has 0 spiro atoms. The third-order valence-corrected chi connectivity index (χ3v) is 6.39. The molecule has 0 aromatic heterocycles. The number of hydrogen-bond acceptors (Lipinski definition) is 3. The van der Waals surface area contributed by atoms with E-state index in [1.807, 2.05) is 12.1 Å². The molecule has 3 rings (SSSR count). The fourth-order valence-corrected chi connectivity index (χ4v) is 4.34. The molecule has 1 aliphatic heterocycles. The average Bonchev–Trinajstić information content (AvgIpc) is 3.51. The van der Waals surface area contributed by atoms with E-state index in [0.29, 0.717) is 26.4 Å². The van der Waals surface area contributed by atoms with Crippen LogP contribution in [0.4, 0.5) is 0 Å². The third kappa shape index (κ3) is 9.05. The van der Waals surface area contributed by atoms with Crippen LogP contribution in [-0.2, 0) is 27.4 Å². The first-order valence-electron chi connectivity index (χ1n) is 12.7. The van der Waals surface area contributed by atoms with Gasteiger partial charge in [-0.1, -0.05) is 125 Å². The molecule has 1 atom stereocenters. The Labute approximate surface area is 195 Å². The lowest BCUT2D eigenvalue weighted by Crippen LogP contribution is -2.29. The molecule has 2 aromatic carbocycles. The maximum Gasteiger partial charge on any atom is 0.141 e. The zero-order valence-electron chi connectivity index (χ0n) is 20.0. The van der Waals surface area contributed by atoms with Crippen LogP contribution in [0.1, 0.15) is 82.3 Å². The molecular weight excluding hydrogens is 396 g/mol. The predicted molar refractivity (Wildman–Crippen MR) is 132 cm³/mol. The van der Waals surface area contributed by atoms with Gasteiger partial charge < -0.3 is 14.2 Å². The van der Waals surface area contributed by atoms with Crippen LogP contribution >= 0.6 is 0 Å². The summed E-state index contributed by atoms with van der Waals surface area (Å²) < 4.78 is 18.3. The molecule has 1 saturated heterocycles. The minimum absolute atomic E-state index is 0.263. The second kappa shape index (κ2) is 14.5. The van der Waals surface area contributed by atoms with E-state index in [1.165, 1.54) is 68.9 Å². The van der Waals surface area contributed by atoms with Crippen LogP contribution in [0.15, 0.2) is 60.7 Å². The molecule has 1 heterocycles. The Kier molecular flexibility index (Phi) is 11.3. The summed E-state index contributed by atoms with van der Waals surface area (Å²) in [7, 11) is 0. The normalized spacial score (nSPS) is 16.8. The second-order valence-electron chi connectivity index (χ2n) is 9.25. The van der Waals surface area contributed by atoms with E-state index in [1.54, 1.807) is 0 Å². The first-order valence-corrected chi connectivity index (χ1v) is 12.7. The number of benzene rings is 2. The van der Waals surface area contributed by atoms with Crippen molar-refractivity contribution < 1.29 is 14.2 Å². The highest BCUT2D eigenvalue weighted by atomic mass is 16.7. The van der Waals surface area contributed by atoms with E-state index in [4.69, 9.17) is 14.2 Å². The molecule has 0 bridgehead atoms. The number of hydrogen-bond donors (Lipinski definition) is 0. The number of ether oxygens (including phenoxy) is 3. The summed E-state index contributed by atoms with van der Waals surface area (Å²) in [5.41, 5.74) is 2.12. The molecule has 1 fully saturated rings. The summed E-state index contributed by atoms with van der Waals surface area (Å²) in [6.45, 7) is 4.71. The average molecular weight is 439 g/mol. The van der Waals surface area contributed by atoms with Crippen molar-refractivity contribution >= 4 is 0 Å². The number of unbranched alkanes of at least 4 members (excludes halogenated alkanes) is 8. The molecule has 0 radical (unpaired) electrons. The monoisotopic (exact) mass is 438 g/mol. The Morgan fingerprint density at radius 3 is 1.62 bits per heavy atom. The lowest BCUT2D eigenvalue weighted by atomic mass is 10.0. The molecule has 0 N–H and O–H groups in total. The van der Waals surface area contributed by atoms with Crippen LogP contribution in [0.25, 0.3) is 0 Å². The molecule has 1 unspecified atom stereocenters. The van der Waals surface area contributed by atoms with Crippen LogP contribution < -0.4 is 0 Å². The molecule has 0 aliphatic carbocycles. The van der Waals surface area contributed by atoms with Crippen molar-refractivity contribution in [1.29, 1.82) is 0 Å². The van der Waals surface area contributed by atoms with E-state index >= 15 is 0 Å². The number of rotatable bonds is 18. The van der Waals surface area contributed by atoms with Gasteiger partial charge in [-0.15, -0.1) is 0 Å². The van der Waals surface area contributed by atoms with E-state index < -0.39 is 0 Å². The first kappa shape index (κ1) is 25.0. The van der Waals surface area contributed by atoms with Crippen LogP contribution in [0, 0.1) is 0 Å². The van der Waals surface area contributed by atoms with Gasteiger partial charge in [0.05, 0.1) is 32.5 Å². The van der Waals surface area contributed by atoms with Crippen LogP contribution in [0.3, 0.4) is 0 Å². The SMILES string of the molecule is CCCCCCCCCCCC1OC1(COCc1ccccc1)COCc1ccccc1. The van der Waals surface area contributed by atoms with E-state index in [-0.39, 0.29) is 11.7 Å². The summed E-state index contributed by atoms with van der Waals surface area (Å²) in [6.07, 6.45) is 13.6. The maximum absolute atomic E-state index is 6.20. The quantitative estimate of drug-likeness (QED) is 0.178. The van der Waals surface area contributed by atoms with Gasteiger partial charge in [0.25, 0.3) is 0 Å². The van der Waals surface area contributed by atoms with Gasteiger partial charge in [-0.05, 0) is 17.5 Å². The van der Waals surface area contributed by atoms with Gasteiger partial charge in [-0.3, -0.25) is 0 Å². The second-order valence-corrected chi connectivity index (χ2v) is 9.25. The molecule has 176 valence electrons. The third-order valence-electron chi connectivity index (χ3n) is 6.39. The molecule has 32 heavy (non-hydrogen) atoms. The fraction of sp³-hybridized carbons (Fsp3) is 0.586. The Morgan fingerprint density at radius 2 is 1.12 bits per heavy atom. The van der Waals surface area contributed by atoms with E-state index in [0.717, 1.165) is 6.42 Å². The predicted octanol–water partition coefficient (Wildman–Crippen LogP) is 7.48. The smallest absolute Gasteiger partial charge is 0.141 e. The van der Waals surface area contributed by atoms with Gasteiger partial charge in [-0.2, -0.15) is 0 Å². The van der Waals surface area contributed by atoms with Crippen molar-refractivity contribution in [2.75, 3.05) is 13.2 Å². The minimum atomic E-state index is -0.274. The van der Waals surface area contributed by atoms with E-state index in [9.17, 15) is 0 Å². The van der Waals surface area contributed by atoms with Gasteiger partial charge in [-0.25, -0.2) is 0 Å². The Morgan fingerprint density at radius 1 is 0.656 bits per heavy atom. The molecule has 3 heteroatoms. The van der Waals surface area contributed by atoms with E-state index in [2.05, 4.69) is 55.5 Å². The fourth-order valence-electron chi connectivity index (χ4n) is 4.34. The lowest BCUT2D eigenvalue weighted by Gasteiger charge is -2.15. The van der Waals surface area contributed by atoms with Crippen molar-refractivity contribution in [3.05, 3.63) is 71.8 Å². The van der Waals surface area contributed by atoms with Crippen molar-refractivity contribution in [2.45, 2.75) is 96.1 Å². The molecule has 0 amide bonds. The van der Waals surface area contributed by atoms with Crippen LogP contribution in [0.5, 0.6) is 0 Å². The Hall–Kier alpha value is -1.68. The van der Waals surface area contributed by atoms with Gasteiger partial charge in [0, 0.05) is 0 Å². The lowest BCUT2D eigenvalue weighted by molar-refractivity contribution is 0.00809. The van der Waals surface area contributed by atoms with Crippen molar-refractivity contribution in [3.8, 4) is 0 Å². The highest BCUT2D eigenvalue weighted by molar-refractivity contribution is 5.14. The van der Waals surface area contributed by atoms with Gasteiger partial charge in [0.1, 0.15) is 5.60 Å². The molecule has 3 nitrogen and oxygen atoms in total. The summed E-state index contributed by atoms with van der Waals surface area (Å²) in [5.74, 6) is 0. The van der Waals surface area contributed by atoms with Crippen LogP contribution in [0.2, 0.25) is 0 Å². The Bertz CT molecular complexity index is 670. The molecule has 0 saturated carbocycles. The van der Waals surface area contributed by atoms with Crippen molar-refractivity contribution in [1.82, 2.24) is 0 Å². The zero-order valence-corrected chi connectivity index (χ0v) is 20.0. The van der Waals surface area contributed by atoms with Gasteiger partial charge in [0.2, 0.25) is 0 Å². The van der Waals surface area contributed by atoms with Gasteiger partial charge >= 0.3 is 0 Å². The van der Waals surface area contributed by atoms with Crippen LogP contribution in [-0.4, -0.2) is 24.9 Å². The maximum atomic E-state index is 6.20. The minimum Gasteiger partial charge on any atom is -0.374 e. The van der Waals surface area contributed by atoms with Crippen molar-refractivity contribution in [3.63, 3.8) is 0 Å². The zero-order chi connectivity index (χ0) is 22.3. The topological polar surface area (TPSA) is 31.0 Å². The summed E-state index contributed by atoms with van der Waals surface area (Å²) in [5, 5.41) is 0. The highest BCUT2D eigenvalue weighted by Gasteiger charge is 2.56. The standard InChI is InChI=1S/C29H42O3/c1-2-3-4-5-6-7-8-9-16-21-28-29(32-28,24-30-22-26-17-12-10-13-18-26)25-31-23-27-19-14-11-15-20-27/h10-15,17-20,28H,2-9,16,21-25H2,1H3. The van der Waals surface area contributed by atoms with Gasteiger partial charge in [0.15, 0.2) is 0 Å². The molecule has 2 aromatic rings. The summed E-state index contributed by atoms with van der Waals surface area (Å²) in [4.78, 5) is 0. The highest BCUT2D eigenvalue weighted by Crippen LogP contribution is 2.41. The summed E-state index contributed by atoms with van der Waals surface area (Å²) in [6, 6.07) is 20.7. The summed E-state index contributed by atoms with van der Waals surface area (Å²) >= 11 is 0. The molecule has 1 aliphatic rings. The van der Waals surface area contributed by atoms with Crippen molar-refractivity contribution in [2.24, 2.45) is 0 Å². The number of epoxide rings is 1.